The number of nitrogens with two attached hydrogens (primary N) is 1. The minimum atomic E-state index is -3.75. The summed E-state index contributed by atoms with van der Waals surface area (Å²) >= 11 is 0. The molecule has 0 bridgehead atoms. The van der Waals surface area contributed by atoms with E-state index in [9.17, 15) is 33.1 Å². The molecule has 0 aliphatic carbocycles. The quantitative estimate of drug-likeness (QED) is 0.164. The second kappa shape index (κ2) is 16.5. The summed E-state index contributed by atoms with van der Waals surface area (Å²) in [6.45, 7) is 5.34. The number of carbonyl (C=O) groups excluding carboxylic acids is 4. The molecular formula is C28H41F2N3O9. The van der Waals surface area contributed by atoms with Crippen molar-refractivity contribution in [1.82, 2.24) is 4.90 Å². The van der Waals surface area contributed by atoms with Crippen LogP contribution in [0.1, 0.15) is 52.4 Å². The van der Waals surface area contributed by atoms with Gasteiger partial charge in [-0.15, -0.1) is 0 Å². The molecule has 12 nitrogen and oxygen atoms in total. The van der Waals surface area contributed by atoms with Crippen LogP contribution in [0.25, 0.3) is 0 Å². The highest BCUT2D eigenvalue weighted by atomic mass is 19.3. The van der Waals surface area contributed by atoms with Crippen LogP contribution in [0.5, 0.6) is 0 Å². The molecule has 2 unspecified atom stereocenters. The van der Waals surface area contributed by atoms with Crippen LogP contribution < -0.4 is 5.73 Å². The number of rotatable bonds is 19. The minimum Gasteiger partial charge on any atom is -0.461 e. The highest BCUT2D eigenvalue weighted by Gasteiger charge is 2.61. The first-order valence-corrected chi connectivity index (χ1v) is 13.8. The Morgan fingerprint density at radius 2 is 1.88 bits per heavy atom. The second-order valence-electron chi connectivity index (χ2n) is 10.6. The summed E-state index contributed by atoms with van der Waals surface area (Å²) in [6.07, 6.45) is -0.449. The molecule has 0 aromatic heterocycles. The zero-order valence-electron chi connectivity index (χ0n) is 24.3. The first-order chi connectivity index (χ1) is 19.8. The average Bonchev–Trinajstić information content (AvgIpc) is 3.14. The van der Waals surface area contributed by atoms with Crippen LogP contribution in [0.15, 0.2) is 29.7 Å². The zero-order chi connectivity index (χ0) is 31.4. The van der Waals surface area contributed by atoms with E-state index >= 15 is 0 Å². The first kappa shape index (κ1) is 35.1. The summed E-state index contributed by atoms with van der Waals surface area (Å²) in [5.41, 5.74) is 5.52. The number of unbranched alkanes of at least 4 members (excludes halogenated alkanes) is 2. The number of hydrogen-bond donors (Lipinski definition) is 2. The second-order valence-corrected chi connectivity index (χ2v) is 10.6. The van der Waals surface area contributed by atoms with Crippen LogP contribution in [0.3, 0.4) is 0 Å². The predicted octanol–water partition coefficient (Wildman–Crippen LogP) is 1.89. The summed E-state index contributed by atoms with van der Waals surface area (Å²) in [6, 6.07) is 0. The number of hydrogen-bond acceptors (Lipinski definition) is 12. The van der Waals surface area contributed by atoms with Crippen molar-refractivity contribution in [3.63, 3.8) is 0 Å². The number of amidine groups is 1. The van der Waals surface area contributed by atoms with Crippen LogP contribution in [-0.4, -0.2) is 97.1 Å². The molecule has 3 N–H and O–H groups in total. The lowest BCUT2D eigenvalue weighted by atomic mass is 9.86. The monoisotopic (exact) mass is 601 g/mol. The maximum absolute atomic E-state index is 14.7. The van der Waals surface area contributed by atoms with Gasteiger partial charge in [-0.3, -0.25) is 14.4 Å². The number of Topliss-reactive ketones (excluding diaryl/α,β-unsaturated/α-hetero) is 3. The molecule has 1 fully saturated rings. The van der Waals surface area contributed by atoms with E-state index in [0.717, 1.165) is 11.3 Å². The molecule has 0 aromatic carbocycles. The number of carbonyl (C=O) groups is 4. The lowest BCUT2D eigenvalue weighted by molar-refractivity contribution is -0.157. The van der Waals surface area contributed by atoms with Gasteiger partial charge in [0, 0.05) is 38.0 Å². The number of ketones is 3. The number of aliphatic hydroxyl groups is 1. The van der Waals surface area contributed by atoms with E-state index in [1.54, 1.807) is 13.8 Å². The molecule has 2 heterocycles. The van der Waals surface area contributed by atoms with Crippen LogP contribution in [-0.2, 0) is 38.1 Å². The van der Waals surface area contributed by atoms with E-state index in [1.165, 1.54) is 19.4 Å². The predicted molar refractivity (Wildman–Crippen MR) is 146 cm³/mol. The van der Waals surface area contributed by atoms with Crippen molar-refractivity contribution in [3.8, 4) is 0 Å². The van der Waals surface area contributed by atoms with Gasteiger partial charge in [0.1, 0.15) is 50.0 Å². The zero-order valence-corrected chi connectivity index (χ0v) is 24.3. The SMILES string of the molecule is C=C1N=C(N)C=CN1[C@@H]1O[C@H](COC(=O)COCC(=O)CC(CCCCCC(=O)COC)C(=O)C(C)C)C(O)C1(F)F. The Morgan fingerprint density at radius 3 is 2.52 bits per heavy atom. The third-order valence-electron chi connectivity index (χ3n) is 6.74. The van der Waals surface area contributed by atoms with E-state index in [2.05, 4.69) is 11.6 Å². The molecule has 0 spiro atoms. The fraction of sp³-hybridized carbons (Fsp3) is 0.679. The normalized spacial score (nSPS) is 22.3. The Balaban J connectivity index is 1.75. The molecule has 0 saturated carbocycles. The number of aliphatic imine (C=N–C) groups is 1. The van der Waals surface area contributed by atoms with Crippen LogP contribution in [0.2, 0.25) is 0 Å². The van der Waals surface area contributed by atoms with Gasteiger partial charge in [0.05, 0.1) is 0 Å². The van der Waals surface area contributed by atoms with E-state index in [4.69, 9.17) is 24.7 Å². The van der Waals surface area contributed by atoms with Crippen LogP contribution in [0, 0.1) is 11.8 Å². The first-order valence-electron chi connectivity index (χ1n) is 13.8. The van der Waals surface area contributed by atoms with Gasteiger partial charge in [0.25, 0.3) is 0 Å². The topological polar surface area (TPSA) is 167 Å². The van der Waals surface area contributed by atoms with E-state index in [-0.39, 0.29) is 48.0 Å². The lowest BCUT2D eigenvalue weighted by Crippen LogP contribution is -2.47. The van der Waals surface area contributed by atoms with E-state index in [0.29, 0.717) is 25.7 Å². The summed E-state index contributed by atoms with van der Waals surface area (Å²) < 4.78 is 49.5. The molecule has 0 radical (unpaired) electrons. The maximum atomic E-state index is 14.7. The molecular weight excluding hydrogens is 560 g/mol. The Kier molecular flexibility index (Phi) is 13.8. The molecule has 236 valence electrons. The Labute approximate surface area is 243 Å². The minimum absolute atomic E-state index is 0.00888. The number of aliphatic hydroxyl groups excluding tert-OH is 1. The highest BCUT2D eigenvalue weighted by Crippen LogP contribution is 2.40. The van der Waals surface area contributed by atoms with Crippen LogP contribution >= 0.6 is 0 Å². The molecule has 14 heteroatoms. The van der Waals surface area contributed by atoms with Crippen molar-refractivity contribution >= 4 is 29.2 Å². The van der Waals surface area contributed by atoms with Crippen molar-refractivity contribution in [1.29, 1.82) is 0 Å². The van der Waals surface area contributed by atoms with Gasteiger partial charge in [-0.2, -0.15) is 8.78 Å². The number of alkyl halides is 2. The highest BCUT2D eigenvalue weighted by molar-refractivity contribution is 5.92. The number of nitrogens with zero attached hydrogens (tertiary/aromatic N) is 2. The largest absolute Gasteiger partial charge is 0.461 e. The van der Waals surface area contributed by atoms with Gasteiger partial charge in [0.15, 0.2) is 17.7 Å². The molecule has 2 rings (SSSR count). The number of halogens is 2. The molecule has 2 aliphatic rings. The van der Waals surface area contributed by atoms with E-state index in [1.807, 2.05) is 0 Å². The maximum Gasteiger partial charge on any atom is 0.332 e. The van der Waals surface area contributed by atoms with Gasteiger partial charge in [-0.1, -0.05) is 33.3 Å². The summed E-state index contributed by atoms with van der Waals surface area (Å²) in [7, 11) is 1.46. The Bertz CT molecular complexity index is 1050. The van der Waals surface area contributed by atoms with Gasteiger partial charge < -0.3 is 34.7 Å². The molecule has 1 saturated heterocycles. The van der Waals surface area contributed by atoms with Crippen LogP contribution in [0.4, 0.5) is 8.78 Å². The molecule has 0 amide bonds. The summed E-state index contributed by atoms with van der Waals surface area (Å²) in [5, 5.41) is 10.1. The molecule has 4 atom stereocenters. The van der Waals surface area contributed by atoms with Gasteiger partial charge in [-0.05, 0) is 18.9 Å². The smallest absolute Gasteiger partial charge is 0.332 e. The Hall–Kier alpha value is -3.07. The number of methoxy groups -OCH3 is 1. The van der Waals surface area contributed by atoms with Crippen molar-refractivity contribution in [2.24, 2.45) is 22.6 Å². The van der Waals surface area contributed by atoms with Gasteiger partial charge >= 0.3 is 11.9 Å². The molecule has 2 aliphatic heterocycles. The van der Waals surface area contributed by atoms with Crippen molar-refractivity contribution < 1.29 is 52.0 Å². The van der Waals surface area contributed by atoms with E-state index < -0.39 is 56.1 Å². The average molecular weight is 602 g/mol. The number of esters is 1. The third kappa shape index (κ3) is 10.3. The molecule has 42 heavy (non-hydrogen) atoms. The summed E-state index contributed by atoms with van der Waals surface area (Å²) in [4.78, 5) is 53.4. The fourth-order valence-corrected chi connectivity index (χ4v) is 4.54. The standard InChI is InChI=1S/C28H41F2N3O9/c1-17(2)25(37)19(8-6-5-7-9-20(34)13-39-4)12-21(35)14-40-16-24(36)41-15-22-26(38)28(29,30)27(42-22)33-11-10-23(31)32-18(33)3/h10-11,17,19,22,26-27,38H,3,5-9,12-16H2,1-2,4H3,(H2,31,32)/t19?,22-,26?,27-/m1/s1. The molecule has 0 aromatic rings. The van der Waals surface area contributed by atoms with Crippen molar-refractivity contribution in [2.75, 3.05) is 33.5 Å². The Morgan fingerprint density at radius 1 is 1.17 bits per heavy atom. The van der Waals surface area contributed by atoms with Crippen molar-refractivity contribution in [2.45, 2.75) is 76.7 Å². The lowest BCUT2D eigenvalue weighted by Gasteiger charge is -2.31. The summed E-state index contributed by atoms with van der Waals surface area (Å²) in [5.74, 6) is -5.96. The van der Waals surface area contributed by atoms with Crippen molar-refractivity contribution in [3.05, 3.63) is 24.7 Å². The van der Waals surface area contributed by atoms with Gasteiger partial charge in [0.2, 0.25) is 6.23 Å². The third-order valence-corrected chi connectivity index (χ3v) is 6.74. The fourth-order valence-electron chi connectivity index (χ4n) is 4.54. The van der Waals surface area contributed by atoms with Gasteiger partial charge in [-0.25, -0.2) is 9.79 Å². The number of ether oxygens (including phenoxy) is 4.